The highest BCUT2D eigenvalue weighted by atomic mass is 35.5. The Morgan fingerprint density at radius 3 is 2.00 bits per heavy atom. The lowest BCUT2D eigenvalue weighted by molar-refractivity contribution is -0.125. The molecule has 0 atom stereocenters. The van der Waals surface area contributed by atoms with Crippen LogP contribution in [0.25, 0.3) is 0 Å². The number of halogens is 4. The molecule has 0 N–H and O–H groups in total. The molecule has 0 aliphatic heterocycles. The number of hydrogen-bond donors (Lipinski definition) is 0. The van der Waals surface area contributed by atoms with Gasteiger partial charge in [-0.15, -0.1) is 13.2 Å². The van der Waals surface area contributed by atoms with Gasteiger partial charge in [-0.1, -0.05) is 16.7 Å². The molecule has 0 aromatic heterocycles. The van der Waals surface area contributed by atoms with Crippen LogP contribution in [-0.4, -0.2) is 12.3 Å². The quantitative estimate of drug-likeness (QED) is 0.308. The summed E-state index contributed by atoms with van der Waals surface area (Å²) in [6.45, 7) is 0. The second-order valence-electron chi connectivity index (χ2n) is 0.829. The van der Waals surface area contributed by atoms with Crippen LogP contribution in [0.2, 0.25) is 0 Å². The molecule has 0 rings (SSSR count). The minimum atomic E-state index is -4.57. The molecule has 2 nitrogen and oxygen atoms in total. The van der Waals surface area contributed by atoms with E-state index < -0.39 is 12.3 Å². The lowest BCUT2D eigenvalue weighted by atomic mass is 11.2. The summed E-state index contributed by atoms with van der Waals surface area (Å²) in [6, 6.07) is -0.459. The van der Waals surface area contributed by atoms with Crippen molar-refractivity contribution >= 4 is 11.6 Å². The Balaban J connectivity index is 3.52. The van der Waals surface area contributed by atoms with Crippen LogP contribution in [0.15, 0.2) is 10.2 Å². The minimum Gasteiger partial charge on any atom is -0.170 e. The Labute approximate surface area is 48.4 Å². The average Bonchev–Trinajstić information content (AvgIpc) is 1.59. The first-order valence-electron chi connectivity index (χ1n) is 1.57. The highest BCUT2D eigenvalue weighted by molar-refractivity contribution is 6.17. The highest BCUT2D eigenvalue weighted by Crippen LogP contribution is 2.15. The third-order valence-corrected chi connectivity index (χ3v) is 0.344. The molecule has 0 bridgehead atoms. The summed E-state index contributed by atoms with van der Waals surface area (Å²) >= 11 is 4.75. The van der Waals surface area contributed by atoms with E-state index in [1.807, 2.05) is 5.11 Å². The molecule has 6 heteroatoms. The largest absolute Gasteiger partial charge is 0.520 e. The van der Waals surface area contributed by atoms with Crippen molar-refractivity contribution in [2.75, 3.05) is 6.00 Å². The summed E-state index contributed by atoms with van der Waals surface area (Å²) in [4.78, 5) is 0. The zero-order chi connectivity index (χ0) is 6.62. The molecular weight excluding hydrogens is 144 g/mol. The fourth-order valence-corrected chi connectivity index (χ4v) is 0.160. The summed E-state index contributed by atoms with van der Waals surface area (Å²) < 4.78 is 32.8. The van der Waals surface area contributed by atoms with Gasteiger partial charge in [0.05, 0.1) is 0 Å². The molecular formula is C2H2ClF3N2. The number of nitrogens with zero attached hydrogens (tertiary/aromatic N) is 2. The minimum absolute atomic E-state index is 0.459. The fourth-order valence-electron chi connectivity index (χ4n) is 0.107. The van der Waals surface area contributed by atoms with Crippen LogP contribution in [0.3, 0.4) is 0 Å². The van der Waals surface area contributed by atoms with E-state index in [0.29, 0.717) is 0 Å². The van der Waals surface area contributed by atoms with Crippen LogP contribution in [0, 0.1) is 0 Å². The number of alkyl halides is 4. The lowest BCUT2D eigenvalue weighted by Gasteiger charge is -1.91. The predicted octanol–water partition coefficient (Wildman–Crippen LogP) is 2.15. The van der Waals surface area contributed by atoms with E-state index in [-0.39, 0.29) is 0 Å². The Morgan fingerprint density at radius 2 is 1.88 bits per heavy atom. The van der Waals surface area contributed by atoms with Gasteiger partial charge in [0.15, 0.2) is 0 Å². The summed E-state index contributed by atoms with van der Waals surface area (Å²) in [5.74, 6) is 0. The third-order valence-electron chi connectivity index (χ3n) is 0.238. The molecule has 0 aromatic rings. The van der Waals surface area contributed by atoms with Gasteiger partial charge in [-0.25, -0.2) is 0 Å². The Bertz CT molecular complexity index is 87.8. The molecule has 0 fully saturated rings. The molecule has 0 aromatic carbocycles. The fraction of sp³-hybridized carbons (Fsp3) is 1.00. The zero-order valence-corrected chi connectivity index (χ0v) is 4.37. The van der Waals surface area contributed by atoms with Crippen LogP contribution >= 0.6 is 11.6 Å². The van der Waals surface area contributed by atoms with Gasteiger partial charge in [-0.3, -0.25) is 0 Å². The standard InChI is InChI=1S/C2H2ClF3N2/c3-1-7-8-2(4,5)6/h1H2/b8-7+. The van der Waals surface area contributed by atoms with Crippen molar-refractivity contribution in [2.45, 2.75) is 6.30 Å². The Morgan fingerprint density at radius 1 is 1.38 bits per heavy atom. The smallest absolute Gasteiger partial charge is 0.170 e. The van der Waals surface area contributed by atoms with Crippen LogP contribution in [0.5, 0.6) is 0 Å². The van der Waals surface area contributed by atoms with E-state index in [2.05, 4.69) is 5.11 Å². The van der Waals surface area contributed by atoms with Crippen molar-refractivity contribution in [3.05, 3.63) is 0 Å². The van der Waals surface area contributed by atoms with E-state index in [4.69, 9.17) is 11.6 Å². The number of azo groups is 1. The summed E-state index contributed by atoms with van der Waals surface area (Å²) in [7, 11) is 0. The highest BCUT2D eigenvalue weighted by Gasteiger charge is 2.26. The molecule has 0 unspecified atom stereocenters. The van der Waals surface area contributed by atoms with Crippen molar-refractivity contribution in [2.24, 2.45) is 10.2 Å². The van der Waals surface area contributed by atoms with Gasteiger partial charge in [-0.05, 0) is 0 Å². The van der Waals surface area contributed by atoms with Crippen LogP contribution < -0.4 is 0 Å². The second-order valence-corrected chi connectivity index (χ2v) is 1.07. The van der Waals surface area contributed by atoms with E-state index >= 15 is 0 Å². The van der Waals surface area contributed by atoms with Gasteiger partial charge < -0.3 is 0 Å². The summed E-state index contributed by atoms with van der Waals surface area (Å²) in [5, 5.41) is 4.38. The SMILES string of the molecule is FC(F)(F)/N=N/CCl. The van der Waals surface area contributed by atoms with Gasteiger partial charge in [0.25, 0.3) is 0 Å². The molecule has 0 amide bonds. The van der Waals surface area contributed by atoms with Crippen molar-refractivity contribution in [1.82, 2.24) is 0 Å². The van der Waals surface area contributed by atoms with Crippen molar-refractivity contribution in [3.63, 3.8) is 0 Å². The van der Waals surface area contributed by atoms with Gasteiger partial charge in [0.2, 0.25) is 0 Å². The maximum Gasteiger partial charge on any atom is 0.520 e. The van der Waals surface area contributed by atoms with Gasteiger partial charge >= 0.3 is 6.30 Å². The second kappa shape index (κ2) is 2.86. The monoisotopic (exact) mass is 146 g/mol. The molecule has 48 valence electrons. The van der Waals surface area contributed by atoms with Crippen molar-refractivity contribution < 1.29 is 13.2 Å². The summed E-state index contributed by atoms with van der Waals surface area (Å²) in [5.41, 5.74) is 0. The topological polar surface area (TPSA) is 24.7 Å². The van der Waals surface area contributed by atoms with Crippen LogP contribution in [-0.2, 0) is 0 Å². The normalized spacial score (nSPS) is 13.0. The van der Waals surface area contributed by atoms with Gasteiger partial charge in [0, 0.05) is 0 Å². The van der Waals surface area contributed by atoms with Gasteiger partial charge in [0.1, 0.15) is 6.00 Å². The number of rotatable bonds is 1. The first-order chi connectivity index (χ1) is 3.56. The Kier molecular flexibility index (Phi) is 2.75. The van der Waals surface area contributed by atoms with E-state index in [1.165, 1.54) is 0 Å². The van der Waals surface area contributed by atoms with E-state index in [1.54, 1.807) is 0 Å². The first-order valence-corrected chi connectivity index (χ1v) is 2.11. The Hall–Kier alpha value is -0.320. The zero-order valence-electron chi connectivity index (χ0n) is 3.61. The molecule has 0 aliphatic carbocycles. The average molecular weight is 146 g/mol. The maximum absolute atomic E-state index is 10.9. The summed E-state index contributed by atoms with van der Waals surface area (Å²) in [6.07, 6.45) is -4.57. The first kappa shape index (κ1) is 7.68. The number of hydrogen-bond acceptors (Lipinski definition) is 2. The predicted molar refractivity (Wildman–Crippen MR) is 21.6 cm³/mol. The lowest BCUT2D eigenvalue weighted by Crippen LogP contribution is -1.99. The molecule has 0 saturated heterocycles. The van der Waals surface area contributed by atoms with Crippen molar-refractivity contribution in [1.29, 1.82) is 0 Å². The van der Waals surface area contributed by atoms with Crippen LogP contribution in [0.4, 0.5) is 13.2 Å². The molecule has 0 aliphatic rings. The molecule has 8 heavy (non-hydrogen) atoms. The molecule has 0 heterocycles. The van der Waals surface area contributed by atoms with E-state index in [0.717, 1.165) is 0 Å². The molecule has 0 radical (unpaired) electrons. The van der Waals surface area contributed by atoms with Crippen molar-refractivity contribution in [3.8, 4) is 0 Å². The molecule has 0 spiro atoms. The molecule has 0 saturated carbocycles. The third kappa shape index (κ3) is 5.68. The van der Waals surface area contributed by atoms with E-state index in [9.17, 15) is 13.2 Å². The van der Waals surface area contributed by atoms with Crippen LogP contribution in [0.1, 0.15) is 0 Å². The maximum atomic E-state index is 10.9. The van der Waals surface area contributed by atoms with Gasteiger partial charge in [-0.2, -0.15) is 5.11 Å².